The van der Waals surface area contributed by atoms with Gasteiger partial charge in [0.1, 0.15) is 11.5 Å². The lowest BCUT2D eigenvalue weighted by Gasteiger charge is -2.11. The van der Waals surface area contributed by atoms with Crippen LogP contribution < -0.4 is 4.72 Å². The molecule has 0 bridgehead atoms. The van der Waals surface area contributed by atoms with E-state index in [1.807, 2.05) is 0 Å². The van der Waals surface area contributed by atoms with E-state index < -0.39 is 15.8 Å². The van der Waals surface area contributed by atoms with E-state index in [0.29, 0.717) is 24.5 Å². The number of carbonyl (C=O) groups excluding carboxylic acids is 1. The minimum Gasteiger partial charge on any atom is -0.340 e. The van der Waals surface area contributed by atoms with Gasteiger partial charge in [-0.15, -0.1) is 0 Å². The minimum absolute atomic E-state index is 0.0736. The van der Waals surface area contributed by atoms with Gasteiger partial charge in [0.15, 0.2) is 0 Å². The zero-order chi connectivity index (χ0) is 17.3. The fourth-order valence-corrected chi connectivity index (χ4v) is 3.57. The van der Waals surface area contributed by atoms with Crippen molar-refractivity contribution in [3.05, 3.63) is 47.5 Å². The maximum atomic E-state index is 13.2. The fourth-order valence-electron chi connectivity index (χ4n) is 2.54. The number of carbonyl (C=O) groups is 1. The largest absolute Gasteiger partial charge is 0.340 e. The summed E-state index contributed by atoms with van der Waals surface area (Å²) < 4.78 is 41.5. The highest BCUT2D eigenvalue weighted by atomic mass is 32.2. The highest BCUT2D eigenvalue weighted by Crippen LogP contribution is 2.14. The molecule has 1 aliphatic rings. The third kappa shape index (κ3) is 3.31. The number of nitrogens with one attached hydrogen (secondary N) is 1. The predicted molar refractivity (Wildman–Crippen MR) is 84.2 cm³/mol. The Morgan fingerprint density at radius 1 is 1.29 bits per heavy atom. The van der Waals surface area contributed by atoms with E-state index in [-0.39, 0.29) is 17.3 Å². The summed E-state index contributed by atoms with van der Waals surface area (Å²) in [6, 6.07) is 6.35. The molecule has 0 aliphatic carbocycles. The summed E-state index contributed by atoms with van der Waals surface area (Å²) in [6.07, 6.45) is 0.783. The van der Waals surface area contributed by atoms with Gasteiger partial charge in [0, 0.05) is 20.1 Å². The van der Waals surface area contributed by atoms with Gasteiger partial charge in [0.05, 0.1) is 17.1 Å². The van der Waals surface area contributed by atoms with E-state index >= 15 is 0 Å². The van der Waals surface area contributed by atoms with Crippen molar-refractivity contribution in [1.29, 1.82) is 0 Å². The molecule has 0 fully saturated rings. The van der Waals surface area contributed by atoms with Crippen molar-refractivity contribution >= 4 is 15.9 Å². The van der Waals surface area contributed by atoms with E-state index in [0.717, 1.165) is 12.5 Å². The Kier molecular flexibility index (Phi) is 4.37. The zero-order valence-electron chi connectivity index (χ0n) is 13.1. The normalized spacial score (nSPS) is 15.2. The van der Waals surface area contributed by atoms with E-state index in [9.17, 15) is 17.6 Å². The Balaban J connectivity index is 1.77. The highest BCUT2D eigenvalue weighted by Gasteiger charge is 2.22. The summed E-state index contributed by atoms with van der Waals surface area (Å²) in [5, 5.41) is 4.28. The number of nitrogens with zero attached hydrogens (tertiary/aromatic N) is 3. The Morgan fingerprint density at radius 2 is 2.08 bits per heavy atom. The van der Waals surface area contributed by atoms with Gasteiger partial charge >= 0.3 is 0 Å². The number of halogens is 1. The van der Waals surface area contributed by atoms with Gasteiger partial charge < -0.3 is 4.90 Å². The number of hydrogen-bond acceptors (Lipinski definition) is 4. The minimum atomic E-state index is -3.85. The summed E-state index contributed by atoms with van der Waals surface area (Å²) in [5.41, 5.74) is 0.878. The van der Waals surface area contributed by atoms with Crippen LogP contribution in [0.3, 0.4) is 0 Å². The topological polar surface area (TPSA) is 84.3 Å². The van der Waals surface area contributed by atoms with E-state index in [2.05, 4.69) is 9.82 Å². The van der Waals surface area contributed by atoms with Gasteiger partial charge in [-0.3, -0.25) is 9.48 Å². The molecule has 0 atom stereocenters. The lowest BCUT2D eigenvalue weighted by molar-refractivity contribution is 0.0796. The summed E-state index contributed by atoms with van der Waals surface area (Å²) in [4.78, 5) is 13.7. The Hall–Kier alpha value is -2.26. The smallest absolute Gasteiger partial charge is 0.271 e. The van der Waals surface area contributed by atoms with E-state index in [1.54, 1.807) is 22.7 Å². The van der Waals surface area contributed by atoms with Crippen LogP contribution in [0.4, 0.5) is 4.39 Å². The Bertz CT molecular complexity index is 879. The van der Waals surface area contributed by atoms with E-state index in [1.165, 1.54) is 18.2 Å². The van der Waals surface area contributed by atoms with Crippen LogP contribution in [0.5, 0.6) is 0 Å². The van der Waals surface area contributed by atoms with Crippen LogP contribution in [0.25, 0.3) is 0 Å². The second-order valence-corrected chi connectivity index (χ2v) is 7.37. The molecule has 3 rings (SSSR count). The first-order valence-electron chi connectivity index (χ1n) is 7.44. The van der Waals surface area contributed by atoms with Crippen molar-refractivity contribution in [1.82, 2.24) is 19.4 Å². The number of benzene rings is 1. The van der Waals surface area contributed by atoms with Crippen molar-refractivity contribution in [2.75, 3.05) is 13.6 Å². The molecule has 1 amide bonds. The van der Waals surface area contributed by atoms with Gasteiger partial charge in [-0.1, -0.05) is 6.07 Å². The molecule has 0 saturated heterocycles. The molecule has 0 radical (unpaired) electrons. The van der Waals surface area contributed by atoms with Crippen LogP contribution in [0.1, 0.15) is 22.6 Å². The Labute approximate surface area is 139 Å². The van der Waals surface area contributed by atoms with Gasteiger partial charge in [-0.25, -0.2) is 17.5 Å². The van der Waals surface area contributed by atoms with Crippen molar-refractivity contribution in [3.63, 3.8) is 0 Å². The fraction of sp³-hybridized carbons (Fsp3) is 0.333. The second kappa shape index (κ2) is 6.33. The Morgan fingerprint density at radius 3 is 2.83 bits per heavy atom. The molecule has 24 heavy (non-hydrogen) atoms. The average Bonchev–Trinajstić information content (AvgIpc) is 2.90. The number of amides is 1. The second-order valence-electron chi connectivity index (χ2n) is 5.61. The molecule has 0 unspecified atom stereocenters. The van der Waals surface area contributed by atoms with Crippen molar-refractivity contribution in [3.8, 4) is 0 Å². The van der Waals surface area contributed by atoms with Crippen LogP contribution in [0.2, 0.25) is 0 Å². The molecule has 9 heteroatoms. The molecule has 2 aromatic rings. The molecule has 1 aromatic carbocycles. The predicted octanol–water partition coefficient (Wildman–Crippen LogP) is 0.976. The van der Waals surface area contributed by atoms with Crippen LogP contribution in [0.15, 0.2) is 35.2 Å². The highest BCUT2D eigenvalue weighted by molar-refractivity contribution is 7.89. The molecule has 0 spiro atoms. The van der Waals surface area contributed by atoms with Gasteiger partial charge in [-0.05, 0) is 30.7 Å². The lowest BCUT2D eigenvalue weighted by Crippen LogP contribution is -2.26. The number of aromatic nitrogens is 2. The van der Waals surface area contributed by atoms with Crippen LogP contribution >= 0.6 is 0 Å². The molecule has 0 saturated carbocycles. The average molecular weight is 352 g/mol. The zero-order valence-corrected chi connectivity index (χ0v) is 13.9. The van der Waals surface area contributed by atoms with E-state index in [4.69, 9.17) is 0 Å². The number of sulfonamides is 1. The van der Waals surface area contributed by atoms with Crippen molar-refractivity contribution in [2.45, 2.75) is 24.4 Å². The number of aryl methyl sites for hydroxylation is 1. The standard InChI is InChI=1S/C15H17FN4O3S/c1-19-6-3-7-20-14(15(19)21)9-12(18-20)10-17-24(22,23)13-5-2-4-11(16)8-13/h2,4-5,8-9,17H,3,6-7,10H2,1H3. The first kappa shape index (κ1) is 16.6. The quantitative estimate of drug-likeness (QED) is 0.889. The molecule has 128 valence electrons. The summed E-state index contributed by atoms with van der Waals surface area (Å²) in [7, 11) is -2.13. The lowest BCUT2D eigenvalue weighted by atomic mass is 10.3. The number of fused-ring (bicyclic) bond motifs is 1. The molecule has 2 heterocycles. The number of hydrogen-bond donors (Lipinski definition) is 1. The van der Waals surface area contributed by atoms with Crippen molar-refractivity contribution < 1.29 is 17.6 Å². The van der Waals surface area contributed by atoms with Crippen LogP contribution in [-0.2, 0) is 23.1 Å². The number of rotatable bonds is 4. The van der Waals surface area contributed by atoms with Crippen molar-refractivity contribution in [2.24, 2.45) is 0 Å². The van der Waals surface area contributed by atoms with Gasteiger partial charge in [0.2, 0.25) is 10.0 Å². The molecule has 1 aliphatic heterocycles. The summed E-state index contributed by atoms with van der Waals surface area (Å²) >= 11 is 0. The molecular weight excluding hydrogens is 335 g/mol. The summed E-state index contributed by atoms with van der Waals surface area (Å²) in [6.45, 7) is 1.18. The SMILES string of the molecule is CN1CCCn2nc(CNS(=O)(=O)c3cccc(F)c3)cc2C1=O. The molecule has 1 N–H and O–H groups in total. The van der Waals surface area contributed by atoms with Crippen LogP contribution in [0, 0.1) is 5.82 Å². The van der Waals surface area contributed by atoms with Gasteiger partial charge in [-0.2, -0.15) is 5.10 Å². The monoisotopic (exact) mass is 352 g/mol. The summed E-state index contributed by atoms with van der Waals surface area (Å²) in [5.74, 6) is -0.764. The maximum absolute atomic E-state index is 13.2. The van der Waals surface area contributed by atoms with Crippen LogP contribution in [-0.4, -0.2) is 42.6 Å². The third-order valence-electron chi connectivity index (χ3n) is 3.81. The van der Waals surface area contributed by atoms with Gasteiger partial charge in [0.25, 0.3) is 5.91 Å². The third-order valence-corrected chi connectivity index (χ3v) is 5.21. The molecule has 7 nitrogen and oxygen atoms in total. The molecular formula is C15H17FN4O3S. The first-order valence-corrected chi connectivity index (χ1v) is 8.92. The first-order chi connectivity index (χ1) is 11.4. The maximum Gasteiger partial charge on any atom is 0.271 e. The molecule has 1 aromatic heterocycles.